The largest absolute Gasteiger partial charge is 0.454 e. The van der Waals surface area contributed by atoms with Crippen LogP contribution in [0.15, 0.2) is 60.2 Å². The van der Waals surface area contributed by atoms with E-state index in [1.165, 1.54) is 12.1 Å². The number of nitriles is 1. The number of para-hydroxylation sites is 1. The van der Waals surface area contributed by atoms with Crippen molar-refractivity contribution < 1.29 is 31.8 Å². The number of alkyl halides is 3. The van der Waals surface area contributed by atoms with Gasteiger partial charge >= 0.3 is 12.1 Å². The number of carbonyl (C=O) groups is 1. The topological polar surface area (TPSA) is 59.3 Å². The summed E-state index contributed by atoms with van der Waals surface area (Å²) < 4.78 is 63.6. The van der Waals surface area contributed by atoms with Crippen LogP contribution >= 0.6 is 0 Å². The Balaban J connectivity index is 1.76. The van der Waals surface area contributed by atoms with Gasteiger partial charge in [-0.1, -0.05) is 44.2 Å². The van der Waals surface area contributed by atoms with Crippen molar-refractivity contribution in [2.24, 2.45) is 17.3 Å². The number of hydrogen-bond acceptors (Lipinski definition) is 4. The van der Waals surface area contributed by atoms with Crippen molar-refractivity contribution in [1.29, 1.82) is 5.26 Å². The summed E-state index contributed by atoms with van der Waals surface area (Å²) in [5.41, 5.74) is -1.34. The maximum absolute atomic E-state index is 14.2. The molecule has 3 rings (SSSR count). The number of halogens is 4. The fourth-order valence-corrected chi connectivity index (χ4v) is 3.54. The minimum Gasteiger partial charge on any atom is -0.454 e. The summed E-state index contributed by atoms with van der Waals surface area (Å²) in [5.74, 6) is -2.72. The molecule has 1 saturated carbocycles. The molecule has 8 heteroatoms. The molecule has 0 heterocycles. The molecule has 2 aromatic rings. The average Bonchev–Trinajstić information content (AvgIpc) is 3.27. The predicted molar refractivity (Wildman–Crippen MR) is 108 cm³/mol. The zero-order valence-electron chi connectivity index (χ0n) is 17.6. The van der Waals surface area contributed by atoms with E-state index in [-0.39, 0.29) is 11.3 Å². The summed E-state index contributed by atoms with van der Waals surface area (Å²) in [4.78, 5) is 12.7. The van der Waals surface area contributed by atoms with Crippen LogP contribution in [0.5, 0.6) is 11.5 Å². The van der Waals surface area contributed by atoms with Crippen LogP contribution in [0.25, 0.3) is 0 Å². The van der Waals surface area contributed by atoms with Crippen molar-refractivity contribution in [2.45, 2.75) is 33.1 Å². The lowest BCUT2D eigenvalue weighted by molar-refractivity contribution is -0.149. The molecule has 4 nitrogen and oxygen atoms in total. The summed E-state index contributed by atoms with van der Waals surface area (Å²) in [5, 5.41) is 9.51. The van der Waals surface area contributed by atoms with Crippen molar-refractivity contribution in [1.82, 2.24) is 0 Å². The van der Waals surface area contributed by atoms with Gasteiger partial charge in [-0.2, -0.15) is 18.4 Å². The quantitative estimate of drug-likeness (QED) is 0.288. The van der Waals surface area contributed by atoms with Gasteiger partial charge in [0.25, 0.3) is 0 Å². The summed E-state index contributed by atoms with van der Waals surface area (Å²) >= 11 is 0. The van der Waals surface area contributed by atoms with Crippen molar-refractivity contribution in [2.75, 3.05) is 0 Å². The normalized spacial score (nSPS) is 20.8. The summed E-state index contributed by atoms with van der Waals surface area (Å²) in [6.07, 6.45) is -4.83. The molecule has 0 N–H and O–H groups in total. The van der Waals surface area contributed by atoms with Crippen molar-refractivity contribution in [3.05, 3.63) is 71.6 Å². The second-order valence-electron chi connectivity index (χ2n) is 8.22. The maximum Gasteiger partial charge on any atom is 0.412 e. The van der Waals surface area contributed by atoms with E-state index in [2.05, 4.69) is 0 Å². The third-order valence-corrected chi connectivity index (χ3v) is 5.62. The van der Waals surface area contributed by atoms with Gasteiger partial charge in [0.1, 0.15) is 11.8 Å². The number of allylic oxidation sites excluding steroid dienone is 2. The van der Waals surface area contributed by atoms with E-state index >= 15 is 0 Å². The predicted octanol–water partition coefficient (Wildman–Crippen LogP) is 6.51. The highest BCUT2D eigenvalue weighted by molar-refractivity contribution is 5.78. The number of nitrogens with zero attached hydrogens (tertiary/aromatic N) is 1. The highest BCUT2D eigenvalue weighted by Crippen LogP contribution is 2.60. The lowest BCUT2D eigenvalue weighted by atomic mass is 10.1. The summed E-state index contributed by atoms with van der Waals surface area (Å²) in [6.45, 7) is 4.27. The van der Waals surface area contributed by atoms with Crippen LogP contribution in [0.2, 0.25) is 0 Å². The Bertz CT molecular complexity index is 1070. The van der Waals surface area contributed by atoms with Gasteiger partial charge < -0.3 is 9.47 Å². The smallest absolute Gasteiger partial charge is 0.412 e. The Labute approximate surface area is 183 Å². The standard InChI is InChI=1S/C24H21F4NO3/c1-14(24(26,27)28)11-17-21(23(17,2)3)22(30)32-20(13-29)15-9-10-18(25)19(12-15)31-16-7-5-4-6-8-16/h4-12,17,20-21H,1-3H3/b14-11+/t17-,20?,21-/m0/s1. The molecule has 0 bridgehead atoms. The van der Waals surface area contributed by atoms with E-state index in [0.717, 1.165) is 19.1 Å². The first-order valence-corrected chi connectivity index (χ1v) is 9.83. The van der Waals surface area contributed by atoms with E-state index in [9.17, 15) is 27.6 Å². The van der Waals surface area contributed by atoms with E-state index in [1.807, 2.05) is 6.07 Å². The molecule has 32 heavy (non-hydrogen) atoms. The van der Waals surface area contributed by atoms with Gasteiger partial charge in [0.2, 0.25) is 6.10 Å². The number of carbonyl (C=O) groups excluding carboxylic acids is 1. The van der Waals surface area contributed by atoms with Gasteiger partial charge in [0, 0.05) is 11.1 Å². The van der Waals surface area contributed by atoms with Crippen LogP contribution in [0.3, 0.4) is 0 Å². The molecule has 0 aliphatic heterocycles. The van der Waals surface area contributed by atoms with Gasteiger partial charge in [-0.3, -0.25) is 4.79 Å². The van der Waals surface area contributed by atoms with Gasteiger partial charge in [-0.05, 0) is 42.5 Å². The molecule has 0 radical (unpaired) electrons. The van der Waals surface area contributed by atoms with E-state index in [0.29, 0.717) is 5.75 Å². The minimum absolute atomic E-state index is 0.154. The van der Waals surface area contributed by atoms with Gasteiger partial charge in [0.15, 0.2) is 11.6 Å². The maximum atomic E-state index is 14.2. The van der Waals surface area contributed by atoms with Gasteiger partial charge in [0.05, 0.1) is 5.92 Å². The number of ether oxygens (including phenoxy) is 2. The molecule has 168 valence electrons. The zero-order valence-corrected chi connectivity index (χ0v) is 17.6. The van der Waals surface area contributed by atoms with Crippen LogP contribution in [0.4, 0.5) is 17.6 Å². The first kappa shape index (κ1) is 23.3. The number of esters is 1. The van der Waals surface area contributed by atoms with Crippen LogP contribution in [0.1, 0.15) is 32.4 Å². The van der Waals surface area contributed by atoms with E-state index in [1.54, 1.807) is 44.2 Å². The van der Waals surface area contributed by atoms with E-state index < -0.39 is 46.9 Å². The van der Waals surface area contributed by atoms with Crippen LogP contribution in [-0.2, 0) is 9.53 Å². The average molecular weight is 447 g/mol. The molecule has 0 saturated heterocycles. The molecule has 3 atom stereocenters. The molecule has 0 spiro atoms. The molecule has 1 aliphatic carbocycles. The summed E-state index contributed by atoms with van der Waals surface area (Å²) in [7, 11) is 0. The van der Waals surface area contributed by atoms with Crippen LogP contribution in [-0.4, -0.2) is 12.1 Å². The van der Waals surface area contributed by atoms with Crippen LogP contribution in [0, 0.1) is 34.4 Å². The Hall–Kier alpha value is -3.34. The van der Waals surface area contributed by atoms with Crippen molar-refractivity contribution >= 4 is 5.97 Å². The third-order valence-electron chi connectivity index (χ3n) is 5.62. The Morgan fingerprint density at radius 1 is 1.19 bits per heavy atom. The molecule has 0 amide bonds. The minimum atomic E-state index is -4.48. The van der Waals surface area contributed by atoms with Crippen LogP contribution < -0.4 is 4.74 Å². The second-order valence-corrected chi connectivity index (χ2v) is 8.22. The van der Waals surface area contributed by atoms with Crippen molar-refractivity contribution in [3.63, 3.8) is 0 Å². The molecule has 2 aromatic carbocycles. The third kappa shape index (κ3) is 4.93. The number of hydrogen-bond donors (Lipinski definition) is 0. The molecule has 1 aliphatic rings. The molecular weight excluding hydrogens is 426 g/mol. The fourth-order valence-electron chi connectivity index (χ4n) is 3.54. The Kier molecular flexibility index (Phi) is 6.31. The number of benzene rings is 2. The fraction of sp³-hybridized carbons (Fsp3) is 0.333. The first-order chi connectivity index (χ1) is 14.9. The Morgan fingerprint density at radius 2 is 1.84 bits per heavy atom. The number of rotatable bonds is 6. The van der Waals surface area contributed by atoms with Gasteiger partial charge in [-0.25, -0.2) is 4.39 Å². The van der Waals surface area contributed by atoms with Gasteiger partial charge in [-0.15, -0.1) is 0 Å². The zero-order chi connectivity index (χ0) is 23.7. The monoisotopic (exact) mass is 447 g/mol. The summed E-state index contributed by atoms with van der Waals surface area (Å²) in [6, 6.07) is 13.9. The lowest BCUT2D eigenvalue weighted by Gasteiger charge is -2.14. The highest BCUT2D eigenvalue weighted by Gasteiger charge is 2.62. The molecular formula is C24H21F4NO3. The second kappa shape index (κ2) is 8.65. The SMILES string of the molecule is C/C(=C\[C@H]1[C@@H](C(=O)OC(C#N)c2ccc(F)c(Oc3ccccc3)c2)C1(C)C)C(F)(F)F. The highest BCUT2D eigenvalue weighted by atomic mass is 19.4. The Morgan fingerprint density at radius 3 is 2.44 bits per heavy atom. The molecule has 0 aromatic heterocycles. The lowest BCUT2D eigenvalue weighted by Crippen LogP contribution is -2.15. The van der Waals surface area contributed by atoms with Crippen molar-refractivity contribution in [3.8, 4) is 17.6 Å². The van der Waals surface area contributed by atoms with E-state index in [4.69, 9.17) is 9.47 Å². The first-order valence-electron chi connectivity index (χ1n) is 9.83. The molecule has 1 fully saturated rings. The molecule has 1 unspecified atom stereocenters.